The first kappa shape index (κ1) is 17.3. The number of carbonyl (C=O) groups is 1. The van der Waals surface area contributed by atoms with E-state index in [4.69, 9.17) is 5.11 Å². The van der Waals surface area contributed by atoms with Crippen molar-refractivity contribution in [2.45, 2.75) is 32.5 Å². The highest BCUT2D eigenvalue weighted by Crippen LogP contribution is 2.34. The number of nitrogens with one attached hydrogen (secondary N) is 2. The molecular formula is C14H19F3N2O2. The summed E-state index contributed by atoms with van der Waals surface area (Å²) in [6.45, 7) is 3.56. The van der Waals surface area contributed by atoms with Crippen LogP contribution in [0.4, 0.5) is 23.7 Å². The molecule has 1 unspecified atom stereocenters. The molecular weight excluding hydrogens is 285 g/mol. The molecule has 21 heavy (non-hydrogen) atoms. The third-order valence-electron chi connectivity index (χ3n) is 2.79. The largest absolute Gasteiger partial charge is 0.418 e. The molecule has 1 rings (SSSR count). The minimum absolute atomic E-state index is 0.241. The molecule has 4 nitrogen and oxygen atoms in total. The number of alkyl halides is 3. The lowest BCUT2D eigenvalue weighted by atomic mass is 10.0. The molecule has 0 bridgehead atoms. The summed E-state index contributed by atoms with van der Waals surface area (Å²) >= 11 is 0. The van der Waals surface area contributed by atoms with Gasteiger partial charge in [0.15, 0.2) is 0 Å². The molecule has 1 aromatic carbocycles. The van der Waals surface area contributed by atoms with Gasteiger partial charge in [0.25, 0.3) is 0 Å². The number of aliphatic hydroxyl groups is 1. The Morgan fingerprint density at radius 1 is 1.29 bits per heavy atom. The van der Waals surface area contributed by atoms with Crippen molar-refractivity contribution in [3.8, 4) is 0 Å². The predicted octanol–water partition coefficient (Wildman–Crippen LogP) is 3.23. The fourth-order valence-electron chi connectivity index (χ4n) is 1.93. The van der Waals surface area contributed by atoms with Gasteiger partial charge >= 0.3 is 12.2 Å². The smallest absolute Gasteiger partial charge is 0.394 e. The summed E-state index contributed by atoms with van der Waals surface area (Å²) in [4.78, 5) is 11.7. The van der Waals surface area contributed by atoms with Gasteiger partial charge in [0.2, 0.25) is 0 Å². The zero-order valence-electron chi connectivity index (χ0n) is 11.9. The summed E-state index contributed by atoms with van der Waals surface area (Å²) in [5.41, 5.74) is -1.23. The Bertz CT molecular complexity index is 476. The molecule has 1 atom stereocenters. The van der Waals surface area contributed by atoms with Gasteiger partial charge in [-0.1, -0.05) is 26.0 Å². The SMILES string of the molecule is CC(C)CC(CO)NC(=O)Nc1ccccc1C(F)(F)F. The van der Waals surface area contributed by atoms with Crippen LogP contribution in [0, 0.1) is 5.92 Å². The van der Waals surface area contributed by atoms with Crippen LogP contribution in [0.15, 0.2) is 24.3 Å². The van der Waals surface area contributed by atoms with Crippen LogP contribution in [0.5, 0.6) is 0 Å². The van der Waals surface area contributed by atoms with Crippen LogP contribution in [0.1, 0.15) is 25.8 Å². The number of hydrogen-bond acceptors (Lipinski definition) is 2. The number of para-hydroxylation sites is 1. The van der Waals surface area contributed by atoms with E-state index >= 15 is 0 Å². The number of carbonyl (C=O) groups excluding carboxylic acids is 1. The summed E-state index contributed by atoms with van der Waals surface area (Å²) in [6.07, 6.45) is -4.01. The van der Waals surface area contributed by atoms with Crippen LogP contribution in [0.2, 0.25) is 0 Å². The quantitative estimate of drug-likeness (QED) is 0.782. The van der Waals surface area contributed by atoms with Crippen LogP contribution in [0.3, 0.4) is 0 Å². The predicted molar refractivity (Wildman–Crippen MR) is 73.9 cm³/mol. The second-order valence-electron chi connectivity index (χ2n) is 5.15. The summed E-state index contributed by atoms with van der Waals surface area (Å²) in [6, 6.07) is 3.46. The Labute approximate surface area is 121 Å². The molecule has 118 valence electrons. The van der Waals surface area contributed by atoms with Gasteiger partial charge in [-0.3, -0.25) is 0 Å². The lowest BCUT2D eigenvalue weighted by Crippen LogP contribution is -2.41. The van der Waals surface area contributed by atoms with Crippen molar-refractivity contribution in [2.75, 3.05) is 11.9 Å². The lowest BCUT2D eigenvalue weighted by Gasteiger charge is -2.19. The number of aliphatic hydroxyl groups excluding tert-OH is 1. The fourth-order valence-corrected chi connectivity index (χ4v) is 1.93. The normalized spacial score (nSPS) is 13.1. The van der Waals surface area contributed by atoms with E-state index in [9.17, 15) is 18.0 Å². The van der Waals surface area contributed by atoms with Gasteiger partial charge in [-0.2, -0.15) is 13.2 Å². The number of halogens is 3. The number of amides is 2. The maximum atomic E-state index is 12.8. The molecule has 1 aromatic rings. The number of urea groups is 1. The Hall–Kier alpha value is -1.76. The zero-order chi connectivity index (χ0) is 16.0. The van der Waals surface area contributed by atoms with E-state index in [-0.39, 0.29) is 18.2 Å². The highest BCUT2D eigenvalue weighted by atomic mass is 19.4. The molecule has 0 saturated carbocycles. The molecule has 2 amide bonds. The molecule has 0 saturated heterocycles. The summed E-state index contributed by atoms with van der Waals surface area (Å²) in [7, 11) is 0. The molecule has 0 radical (unpaired) electrons. The maximum Gasteiger partial charge on any atom is 0.418 e. The summed E-state index contributed by atoms with van der Waals surface area (Å²) < 4.78 is 38.4. The molecule has 7 heteroatoms. The molecule has 0 fully saturated rings. The Morgan fingerprint density at radius 2 is 1.90 bits per heavy atom. The molecule has 0 aliphatic heterocycles. The molecule has 3 N–H and O–H groups in total. The summed E-state index contributed by atoms with van der Waals surface area (Å²) in [5.74, 6) is 0.241. The van der Waals surface area contributed by atoms with E-state index in [0.29, 0.717) is 6.42 Å². The van der Waals surface area contributed by atoms with Crippen molar-refractivity contribution in [1.82, 2.24) is 5.32 Å². The number of benzene rings is 1. The number of anilines is 1. The second kappa shape index (κ2) is 7.31. The molecule has 0 heterocycles. The van der Waals surface area contributed by atoms with Crippen molar-refractivity contribution in [2.24, 2.45) is 5.92 Å². The Balaban J connectivity index is 2.75. The highest BCUT2D eigenvalue weighted by molar-refractivity contribution is 5.90. The number of rotatable bonds is 5. The third kappa shape index (κ3) is 5.63. The van der Waals surface area contributed by atoms with Crippen molar-refractivity contribution in [3.05, 3.63) is 29.8 Å². The van der Waals surface area contributed by atoms with Crippen LogP contribution in [0.25, 0.3) is 0 Å². The van der Waals surface area contributed by atoms with Crippen LogP contribution >= 0.6 is 0 Å². The molecule has 0 aliphatic rings. The Morgan fingerprint density at radius 3 is 2.43 bits per heavy atom. The minimum atomic E-state index is -4.54. The monoisotopic (exact) mass is 304 g/mol. The zero-order valence-corrected chi connectivity index (χ0v) is 11.9. The topological polar surface area (TPSA) is 61.4 Å². The lowest BCUT2D eigenvalue weighted by molar-refractivity contribution is -0.136. The molecule has 0 aromatic heterocycles. The van der Waals surface area contributed by atoms with Gasteiger partial charge < -0.3 is 15.7 Å². The van der Waals surface area contributed by atoms with E-state index in [1.165, 1.54) is 18.2 Å². The number of hydrogen-bond donors (Lipinski definition) is 3. The van der Waals surface area contributed by atoms with E-state index in [1.807, 2.05) is 13.8 Å². The molecule has 0 aliphatic carbocycles. The minimum Gasteiger partial charge on any atom is -0.394 e. The van der Waals surface area contributed by atoms with E-state index in [0.717, 1.165) is 6.07 Å². The summed E-state index contributed by atoms with van der Waals surface area (Å²) in [5, 5.41) is 13.8. The van der Waals surface area contributed by atoms with Crippen LogP contribution < -0.4 is 10.6 Å². The first-order valence-electron chi connectivity index (χ1n) is 6.58. The van der Waals surface area contributed by atoms with Crippen molar-refractivity contribution >= 4 is 11.7 Å². The van der Waals surface area contributed by atoms with Crippen molar-refractivity contribution in [1.29, 1.82) is 0 Å². The van der Waals surface area contributed by atoms with Gasteiger partial charge in [0.1, 0.15) is 0 Å². The highest BCUT2D eigenvalue weighted by Gasteiger charge is 2.33. The van der Waals surface area contributed by atoms with Crippen LogP contribution in [-0.2, 0) is 6.18 Å². The molecule has 0 spiro atoms. The first-order chi connectivity index (χ1) is 9.74. The standard InChI is InChI=1S/C14H19F3N2O2/c1-9(2)7-10(8-20)18-13(21)19-12-6-4-3-5-11(12)14(15,16)17/h3-6,9-10,20H,7-8H2,1-2H3,(H2,18,19,21). The maximum absolute atomic E-state index is 12.8. The van der Waals surface area contributed by atoms with Gasteiger partial charge in [-0.25, -0.2) is 4.79 Å². The van der Waals surface area contributed by atoms with Gasteiger partial charge in [-0.05, 0) is 24.5 Å². The first-order valence-corrected chi connectivity index (χ1v) is 6.58. The van der Waals surface area contributed by atoms with Crippen molar-refractivity contribution < 1.29 is 23.1 Å². The van der Waals surface area contributed by atoms with Gasteiger partial charge in [0, 0.05) is 0 Å². The van der Waals surface area contributed by atoms with Gasteiger partial charge in [-0.15, -0.1) is 0 Å². The second-order valence-corrected chi connectivity index (χ2v) is 5.15. The van der Waals surface area contributed by atoms with E-state index in [1.54, 1.807) is 0 Å². The third-order valence-corrected chi connectivity index (χ3v) is 2.79. The Kier molecular flexibility index (Phi) is 6.02. The average molecular weight is 304 g/mol. The van der Waals surface area contributed by atoms with Crippen LogP contribution in [-0.4, -0.2) is 23.8 Å². The van der Waals surface area contributed by atoms with E-state index in [2.05, 4.69) is 10.6 Å². The van der Waals surface area contributed by atoms with Crippen molar-refractivity contribution in [3.63, 3.8) is 0 Å². The van der Waals surface area contributed by atoms with E-state index < -0.39 is 23.8 Å². The average Bonchev–Trinajstić information content (AvgIpc) is 2.36. The fraction of sp³-hybridized carbons (Fsp3) is 0.500. The van der Waals surface area contributed by atoms with Gasteiger partial charge in [0.05, 0.1) is 23.9 Å².